The van der Waals surface area contributed by atoms with Crippen LogP contribution < -0.4 is 0 Å². The second-order valence-electron chi connectivity index (χ2n) is 5.13. The predicted molar refractivity (Wildman–Crippen MR) is 62.6 cm³/mol. The minimum Gasteiger partial charge on any atom is -0.342 e. The number of carbonyl (C=O) groups is 1. The molecule has 0 N–H and O–H groups in total. The van der Waals surface area contributed by atoms with Crippen LogP contribution in [0.15, 0.2) is 0 Å². The van der Waals surface area contributed by atoms with E-state index in [9.17, 15) is 4.79 Å². The largest absolute Gasteiger partial charge is 0.342 e. The standard InChI is InChI=1S/C11H21NOS/c1-5-12-7-9(6-10(12)13)14-8-11(2,3)4/h9H,5-8H2,1-4H3. The Kier molecular flexibility index (Phi) is 3.87. The molecule has 1 heterocycles. The Morgan fingerprint density at radius 3 is 2.57 bits per heavy atom. The number of rotatable bonds is 3. The first-order chi connectivity index (χ1) is 6.42. The molecule has 1 aliphatic heterocycles. The zero-order valence-corrected chi connectivity index (χ0v) is 10.5. The highest BCUT2D eigenvalue weighted by Crippen LogP contribution is 2.29. The summed E-state index contributed by atoms with van der Waals surface area (Å²) in [5.74, 6) is 1.47. The van der Waals surface area contributed by atoms with Gasteiger partial charge < -0.3 is 4.90 Å². The van der Waals surface area contributed by atoms with E-state index < -0.39 is 0 Å². The van der Waals surface area contributed by atoms with Gasteiger partial charge in [0.15, 0.2) is 0 Å². The number of hydrogen-bond donors (Lipinski definition) is 0. The lowest BCUT2D eigenvalue weighted by Gasteiger charge is -2.20. The van der Waals surface area contributed by atoms with Crippen LogP contribution in [-0.4, -0.2) is 34.9 Å². The highest BCUT2D eigenvalue weighted by molar-refractivity contribution is 8.00. The third-order valence-electron chi connectivity index (χ3n) is 2.31. The molecule has 0 aromatic heterocycles. The van der Waals surface area contributed by atoms with Crippen LogP contribution in [0.25, 0.3) is 0 Å². The van der Waals surface area contributed by atoms with E-state index in [-0.39, 0.29) is 0 Å². The van der Waals surface area contributed by atoms with Crippen molar-refractivity contribution in [2.45, 2.75) is 39.4 Å². The fourth-order valence-electron chi connectivity index (χ4n) is 1.52. The van der Waals surface area contributed by atoms with Crippen molar-refractivity contribution in [1.29, 1.82) is 0 Å². The van der Waals surface area contributed by atoms with E-state index in [1.54, 1.807) is 0 Å². The molecular formula is C11H21NOS. The fraction of sp³-hybridized carbons (Fsp3) is 0.909. The van der Waals surface area contributed by atoms with E-state index in [4.69, 9.17) is 0 Å². The van der Waals surface area contributed by atoms with Crippen LogP contribution in [0.5, 0.6) is 0 Å². The maximum Gasteiger partial charge on any atom is 0.223 e. The summed E-state index contributed by atoms with van der Waals surface area (Å²) in [5, 5.41) is 0.529. The van der Waals surface area contributed by atoms with E-state index in [1.807, 2.05) is 16.7 Å². The lowest BCUT2D eigenvalue weighted by molar-refractivity contribution is -0.127. The van der Waals surface area contributed by atoms with Gasteiger partial charge in [-0.1, -0.05) is 20.8 Å². The SMILES string of the molecule is CCN1CC(SCC(C)(C)C)CC1=O. The smallest absolute Gasteiger partial charge is 0.223 e. The average molecular weight is 215 g/mol. The fourth-order valence-corrected chi connectivity index (χ4v) is 2.80. The molecule has 0 bridgehead atoms. The van der Waals surface area contributed by atoms with Crippen molar-refractivity contribution in [3.63, 3.8) is 0 Å². The Morgan fingerprint density at radius 1 is 1.50 bits per heavy atom. The minimum atomic E-state index is 0.332. The predicted octanol–water partition coefficient (Wildman–Crippen LogP) is 2.39. The van der Waals surface area contributed by atoms with Crippen molar-refractivity contribution in [2.24, 2.45) is 5.41 Å². The zero-order chi connectivity index (χ0) is 10.8. The molecule has 1 rings (SSSR count). The molecule has 0 aromatic carbocycles. The van der Waals surface area contributed by atoms with Crippen LogP contribution in [0, 0.1) is 5.41 Å². The van der Waals surface area contributed by atoms with Gasteiger partial charge in [-0.15, -0.1) is 0 Å². The van der Waals surface area contributed by atoms with E-state index in [1.165, 1.54) is 0 Å². The summed E-state index contributed by atoms with van der Waals surface area (Å²) in [7, 11) is 0. The summed E-state index contributed by atoms with van der Waals surface area (Å²) in [6.07, 6.45) is 0.745. The normalized spacial score (nSPS) is 23.3. The molecule has 0 spiro atoms. The van der Waals surface area contributed by atoms with Crippen molar-refractivity contribution >= 4 is 17.7 Å². The summed E-state index contributed by atoms with van der Waals surface area (Å²) < 4.78 is 0. The summed E-state index contributed by atoms with van der Waals surface area (Å²) in [6, 6.07) is 0. The Hall–Kier alpha value is -0.180. The Morgan fingerprint density at radius 2 is 2.14 bits per heavy atom. The topological polar surface area (TPSA) is 20.3 Å². The van der Waals surface area contributed by atoms with Crippen molar-refractivity contribution in [2.75, 3.05) is 18.8 Å². The average Bonchev–Trinajstić information content (AvgIpc) is 2.42. The number of thioether (sulfide) groups is 1. The molecule has 1 unspecified atom stereocenters. The van der Waals surface area contributed by atoms with Gasteiger partial charge in [-0.2, -0.15) is 11.8 Å². The second kappa shape index (κ2) is 4.56. The van der Waals surface area contributed by atoms with E-state index in [0.717, 1.165) is 25.3 Å². The van der Waals surface area contributed by atoms with Gasteiger partial charge in [0.25, 0.3) is 0 Å². The molecule has 0 saturated carbocycles. The number of likely N-dealkylation sites (tertiary alicyclic amines) is 1. The lowest BCUT2D eigenvalue weighted by Crippen LogP contribution is -2.25. The molecule has 1 fully saturated rings. The molecule has 1 amide bonds. The maximum atomic E-state index is 11.5. The molecule has 1 aliphatic rings. The Bertz CT molecular complexity index is 210. The van der Waals surface area contributed by atoms with Crippen LogP contribution >= 0.6 is 11.8 Å². The minimum absolute atomic E-state index is 0.332. The first-order valence-electron chi connectivity index (χ1n) is 5.32. The highest BCUT2D eigenvalue weighted by atomic mass is 32.2. The van der Waals surface area contributed by atoms with Gasteiger partial charge in [-0.3, -0.25) is 4.79 Å². The van der Waals surface area contributed by atoms with Gasteiger partial charge in [0.1, 0.15) is 0 Å². The highest BCUT2D eigenvalue weighted by Gasteiger charge is 2.29. The molecule has 2 nitrogen and oxygen atoms in total. The third kappa shape index (κ3) is 3.52. The van der Waals surface area contributed by atoms with Crippen LogP contribution in [0.4, 0.5) is 0 Å². The van der Waals surface area contributed by atoms with E-state index in [2.05, 4.69) is 27.7 Å². The summed E-state index contributed by atoms with van der Waals surface area (Å²) >= 11 is 1.95. The van der Waals surface area contributed by atoms with E-state index >= 15 is 0 Å². The summed E-state index contributed by atoms with van der Waals surface area (Å²) in [6.45, 7) is 10.6. The third-order valence-corrected chi connectivity index (χ3v) is 4.13. The quantitative estimate of drug-likeness (QED) is 0.720. The number of hydrogen-bond acceptors (Lipinski definition) is 2. The molecule has 14 heavy (non-hydrogen) atoms. The Balaban J connectivity index is 2.32. The molecule has 0 aromatic rings. The zero-order valence-electron chi connectivity index (χ0n) is 9.67. The van der Waals surface area contributed by atoms with Crippen LogP contribution in [-0.2, 0) is 4.79 Å². The maximum absolute atomic E-state index is 11.5. The van der Waals surface area contributed by atoms with Gasteiger partial charge in [0.05, 0.1) is 0 Å². The summed E-state index contributed by atoms with van der Waals surface area (Å²) in [4.78, 5) is 13.4. The molecular weight excluding hydrogens is 194 g/mol. The number of carbonyl (C=O) groups excluding carboxylic acids is 1. The first kappa shape index (κ1) is 11.9. The van der Waals surface area contributed by atoms with Gasteiger partial charge in [-0.05, 0) is 18.1 Å². The van der Waals surface area contributed by atoms with Crippen molar-refractivity contribution in [3.8, 4) is 0 Å². The van der Waals surface area contributed by atoms with Crippen molar-refractivity contribution in [3.05, 3.63) is 0 Å². The molecule has 3 heteroatoms. The monoisotopic (exact) mass is 215 g/mol. The summed E-state index contributed by atoms with van der Waals surface area (Å²) in [5.41, 5.74) is 0.368. The second-order valence-corrected chi connectivity index (χ2v) is 6.42. The number of amides is 1. The molecule has 0 radical (unpaired) electrons. The lowest BCUT2D eigenvalue weighted by atomic mass is 10.0. The van der Waals surface area contributed by atoms with Crippen molar-refractivity contribution < 1.29 is 4.79 Å². The van der Waals surface area contributed by atoms with Gasteiger partial charge in [0.2, 0.25) is 5.91 Å². The first-order valence-corrected chi connectivity index (χ1v) is 6.36. The number of nitrogens with zero attached hydrogens (tertiary/aromatic N) is 1. The van der Waals surface area contributed by atoms with Gasteiger partial charge >= 0.3 is 0 Å². The molecule has 1 saturated heterocycles. The van der Waals surface area contributed by atoms with Gasteiger partial charge in [-0.25, -0.2) is 0 Å². The van der Waals surface area contributed by atoms with Crippen LogP contribution in [0.2, 0.25) is 0 Å². The van der Waals surface area contributed by atoms with Gasteiger partial charge in [0, 0.05) is 24.8 Å². The Labute approximate surface area is 91.4 Å². The van der Waals surface area contributed by atoms with Crippen molar-refractivity contribution in [1.82, 2.24) is 4.90 Å². The molecule has 1 atom stereocenters. The van der Waals surface area contributed by atoms with E-state index in [0.29, 0.717) is 16.6 Å². The van der Waals surface area contributed by atoms with Crippen LogP contribution in [0.3, 0.4) is 0 Å². The molecule has 82 valence electrons. The van der Waals surface area contributed by atoms with Crippen LogP contribution in [0.1, 0.15) is 34.1 Å². The molecule has 0 aliphatic carbocycles.